The Kier molecular flexibility index (Phi) is 5.82. The van der Waals surface area contributed by atoms with Gasteiger partial charge in [0.25, 0.3) is 0 Å². The molecular formula is C18H19N3OS2. The van der Waals surface area contributed by atoms with Crippen LogP contribution in [0.4, 0.5) is 0 Å². The summed E-state index contributed by atoms with van der Waals surface area (Å²) in [5.41, 5.74) is 4.34. The summed E-state index contributed by atoms with van der Waals surface area (Å²) in [6, 6.07) is 10.1. The highest BCUT2D eigenvalue weighted by molar-refractivity contribution is 8.02. The van der Waals surface area contributed by atoms with Crippen LogP contribution in [0.1, 0.15) is 18.2 Å². The van der Waals surface area contributed by atoms with E-state index in [0.717, 1.165) is 27.6 Å². The number of imidazole rings is 1. The lowest BCUT2D eigenvalue weighted by molar-refractivity contribution is 0.270. The molecule has 0 atom stereocenters. The molecular weight excluding hydrogens is 338 g/mol. The number of aromatic nitrogens is 3. The summed E-state index contributed by atoms with van der Waals surface area (Å²) in [7, 11) is 0. The summed E-state index contributed by atoms with van der Waals surface area (Å²) in [5.74, 6) is 0.787. The molecule has 1 aromatic carbocycles. The van der Waals surface area contributed by atoms with Crippen LogP contribution in [0.5, 0.6) is 0 Å². The van der Waals surface area contributed by atoms with E-state index in [0.29, 0.717) is 6.61 Å². The Bertz CT molecular complexity index is 812. The Labute approximate surface area is 150 Å². The number of H-pyrrole nitrogens is 1. The normalized spacial score (nSPS) is 11.4. The van der Waals surface area contributed by atoms with Gasteiger partial charge in [-0.3, -0.25) is 4.98 Å². The predicted octanol–water partition coefficient (Wildman–Crippen LogP) is 5.16. The van der Waals surface area contributed by atoms with Crippen LogP contribution in [0, 0.1) is 6.92 Å². The van der Waals surface area contributed by atoms with Gasteiger partial charge < -0.3 is 9.72 Å². The Hall–Kier alpha value is -1.92. The molecule has 3 aromatic rings. The summed E-state index contributed by atoms with van der Waals surface area (Å²) in [5, 5.41) is 2.88. The summed E-state index contributed by atoms with van der Waals surface area (Å²) in [4.78, 5) is 13.7. The highest BCUT2D eigenvalue weighted by Gasteiger charge is 2.08. The number of hydrogen-bond acceptors (Lipinski definition) is 5. The molecule has 3 rings (SSSR count). The average Bonchev–Trinajstić information content (AvgIpc) is 3.02. The first-order chi connectivity index (χ1) is 11.8. The standard InChI is InChI=1S/C18H19N3OS2/c1-3-22-10-11-23-17-8-9-19-16(13(17)2)12-24-18-20-14-6-4-5-7-15(14)21-18/h4-11H,3,12H2,1-2H3,(H,20,21). The molecule has 0 unspecified atom stereocenters. The molecule has 24 heavy (non-hydrogen) atoms. The van der Waals surface area contributed by atoms with E-state index in [4.69, 9.17) is 4.74 Å². The number of nitrogens with zero attached hydrogens (tertiary/aromatic N) is 2. The van der Waals surface area contributed by atoms with Crippen molar-refractivity contribution < 1.29 is 4.74 Å². The van der Waals surface area contributed by atoms with Crippen molar-refractivity contribution in [3.8, 4) is 0 Å². The molecule has 6 heteroatoms. The van der Waals surface area contributed by atoms with Gasteiger partial charge in [0.15, 0.2) is 5.16 Å². The fourth-order valence-corrected chi connectivity index (χ4v) is 3.83. The van der Waals surface area contributed by atoms with Crippen molar-refractivity contribution in [2.75, 3.05) is 6.61 Å². The molecule has 0 saturated carbocycles. The van der Waals surface area contributed by atoms with E-state index in [1.165, 1.54) is 10.5 Å². The number of thioether (sulfide) groups is 2. The Morgan fingerprint density at radius 3 is 2.96 bits per heavy atom. The Balaban J connectivity index is 1.68. The average molecular weight is 358 g/mol. The first-order valence-corrected chi connectivity index (χ1v) is 9.59. The highest BCUT2D eigenvalue weighted by Crippen LogP contribution is 2.28. The van der Waals surface area contributed by atoms with Crippen LogP contribution in [-0.4, -0.2) is 21.6 Å². The minimum absolute atomic E-state index is 0.686. The number of para-hydroxylation sites is 2. The van der Waals surface area contributed by atoms with Crippen LogP contribution in [0.15, 0.2) is 58.3 Å². The van der Waals surface area contributed by atoms with Crippen molar-refractivity contribution in [1.82, 2.24) is 15.0 Å². The fraction of sp³-hybridized carbons (Fsp3) is 0.222. The lowest BCUT2D eigenvalue weighted by atomic mass is 10.2. The van der Waals surface area contributed by atoms with Crippen LogP contribution in [0.2, 0.25) is 0 Å². The van der Waals surface area contributed by atoms with Crippen molar-refractivity contribution >= 4 is 34.6 Å². The maximum Gasteiger partial charge on any atom is 0.166 e. The Morgan fingerprint density at radius 2 is 2.12 bits per heavy atom. The van der Waals surface area contributed by atoms with Gasteiger partial charge in [0.2, 0.25) is 0 Å². The number of nitrogens with one attached hydrogen (secondary N) is 1. The van der Waals surface area contributed by atoms with Crippen LogP contribution < -0.4 is 0 Å². The largest absolute Gasteiger partial charge is 0.501 e. The topological polar surface area (TPSA) is 50.8 Å². The molecule has 0 spiro atoms. The van der Waals surface area contributed by atoms with Gasteiger partial charge in [-0.2, -0.15) is 0 Å². The minimum atomic E-state index is 0.686. The molecule has 2 heterocycles. The molecule has 0 bridgehead atoms. The van der Waals surface area contributed by atoms with E-state index in [2.05, 4.69) is 21.9 Å². The third-order valence-corrected chi connectivity index (χ3v) is 5.31. The number of ether oxygens (including phenoxy) is 1. The van der Waals surface area contributed by atoms with E-state index < -0.39 is 0 Å². The van der Waals surface area contributed by atoms with E-state index in [-0.39, 0.29) is 0 Å². The monoisotopic (exact) mass is 357 g/mol. The van der Waals surface area contributed by atoms with E-state index in [9.17, 15) is 0 Å². The molecule has 124 valence electrons. The summed E-state index contributed by atoms with van der Waals surface area (Å²) >= 11 is 3.32. The summed E-state index contributed by atoms with van der Waals surface area (Å²) in [6.07, 6.45) is 3.59. The SMILES string of the molecule is CCOC=CSc1ccnc(CSc2nc3ccccc3[nH]2)c1C. The van der Waals surface area contributed by atoms with Crippen molar-refractivity contribution in [1.29, 1.82) is 0 Å². The zero-order chi connectivity index (χ0) is 16.8. The maximum atomic E-state index is 5.23. The van der Waals surface area contributed by atoms with Crippen molar-refractivity contribution in [2.45, 2.75) is 29.7 Å². The first-order valence-electron chi connectivity index (χ1n) is 7.73. The third-order valence-electron chi connectivity index (χ3n) is 3.49. The number of rotatable bonds is 7. The second kappa shape index (κ2) is 8.26. The number of pyridine rings is 1. The molecule has 0 fully saturated rings. The first kappa shape index (κ1) is 16.9. The quantitative estimate of drug-likeness (QED) is 0.467. The molecule has 0 aliphatic heterocycles. The van der Waals surface area contributed by atoms with Crippen LogP contribution in [0.3, 0.4) is 0 Å². The lowest BCUT2D eigenvalue weighted by Gasteiger charge is -2.07. The predicted molar refractivity (Wildman–Crippen MR) is 101 cm³/mol. The van der Waals surface area contributed by atoms with Crippen molar-refractivity contribution in [2.24, 2.45) is 0 Å². The Morgan fingerprint density at radius 1 is 1.25 bits per heavy atom. The van der Waals surface area contributed by atoms with Crippen LogP contribution >= 0.6 is 23.5 Å². The van der Waals surface area contributed by atoms with Crippen LogP contribution in [0.25, 0.3) is 11.0 Å². The molecule has 0 amide bonds. The van der Waals surface area contributed by atoms with Crippen molar-refractivity contribution in [3.05, 3.63) is 59.5 Å². The number of fused-ring (bicyclic) bond motifs is 1. The molecule has 2 aromatic heterocycles. The summed E-state index contributed by atoms with van der Waals surface area (Å²) in [6.45, 7) is 4.77. The molecule has 4 nitrogen and oxygen atoms in total. The molecule has 0 aliphatic rings. The van der Waals surface area contributed by atoms with Crippen molar-refractivity contribution in [3.63, 3.8) is 0 Å². The summed E-state index contributed by atoms with van der Waals surface area (Å²) < 4.78 is 5.23. The second-order valence-corrected chi connectivity index (χ2v) is 6.99. The second-order valence-electron chi connectivity index (χ2n) is 5.07. The number of benzene rings is 1. The van der Waals surface area contributed by atoms with Gasteiger partial charge in [-0.1, -0.05) is 35.7 Å². The zero-order valence-electron chi connectivity index (χ0n) is 13.7. The number of aromatic amines is 1. The van der Waals surface area contributed by atoms with Crippen LogP contribution in [-0.2, 0) is 10.5 Å². The van der Waals surface area contributed by atoms with Gasteiger partial charge in [-0.15, -0.1) is 0 Å². The molecule has 0 aliphatic carbocycles. The van der Waals surface area contributed by atoms with E-state index >= 15 is 0 Å². The van der Waals surface area contributed by atoms with E-state index in [1.54, 1.807) is 29.8 Å². The van der Waals surface area contributed by atoms with E-state index in [1.807, 2.05) is 48.9 Å². The zero-order valence-corrected chi connectivity index (χ0v) is 15.3. The van der Waals surface area contributed by atoms with Gasteiger partial charge in [0, 0.05) is 22.3 Å². The fourth-order valence-electron chi connectivity index (χ4n) is 2.20. The van der Waals surface area contributed by atoms with Gasteiger partial charge in [-0.05, 0) is 37.6 Å². The molecule has 0 saturated heterocycles. The molecule has 1 N–H and O–H groups in total. The maximum absolute atomic E-state index is 5.23. The minimum Gasteiger partial charge on any atom is -0.501 e. The number of hydrogen-bond donors (Lipinski definition) is 1. The highest BCUT2D eigenvalue weighted by atomic mass is 32.2. The van der Waals surface area contributed by atoms with Gasteiger partial charge in [0.05, 0.1) is 29.6 Å². The molecule has 0 radical (unpaired) electrons. The smallest absolute Gasteiger partial charge is 0.166 e. The lowest BCUT2D eigenvalue weighted by Crippen LogP contribution is -1.93. The third kappa shape index (κ3) is 4.13. The van der Waals surface area contributed by atoms with Gasteiger partial charge in [0.1, 0.15) is 0 Å². The van der Waals surface area contributed by atoms with Gasteiger partial charge >= 0.3 is 0 Å². The van der Waals surface area contributed by atoms with Gasteiger partial charge in [-0.25, -0.2) is 4.98 Å².